The average molecular weight is 362 g/mol. The third kappa shape index (κ3) is 4.44. The quantitative estimate of drug-likeness (QED) is 0.792. The predicted octanol–water partition coefficient (Wildman–Crippen LogP) is 1.43. The van der Waals surface area contributed by atoms with Gasteiger partial charge in [0.2, 0.25) is 0 Å². The van der Waals surface area contributed by atoms with Crippen LogP contribution in [0.3, 0.4) is 0 Å². The number of ether oxygens (including phenoxy) is 4. The summed E-state index contributed by atoms with van der Waals surface area (Å²) in [5.74, 6) is 4.00. The number of hydrogen-bond donors (Lipinski definition) is 2. The highest BCUT2D eigenvalue weighted by molar-refractivity contribution is 5.34. The lowest BCUT2D eigenvalue weighted by Crippen LogP contribution is -2.48. The Labute approximate surface area is 154 Å². The van der Waals surface area contributed by atoms with Crippen LogP contribution in [0.5, 0.6) is 0 Å². The molecule has 0 aromatic heterocycles. The molecule has 2 heterocycles. The molecule has 6 nitrogen and oxygen atoms in total. The number of benzene rings is 1. The molecule has 2 aliphatic heterocycles. The van der Waals surface area contributed by atoms with Crippen LogP contribution < -0.4 is 0 Å². The molecule has 2 N–H and O–H groups in total. The third-order valence-electron chi connectivity index (χ3n) is 4.36. The largest absolute Gasteiger partial charge is 0.387 e. The predicted molar refractivity (Wildman–Crippen MR) is 94.1 cm³/mol. The van der Waals surface area contributed by atoms with Crippen molar-refractivity contribution < 1.29 is 29.2 Å². The van der Waals surface area contributed by atoms with Gasteiger partial charge in [-0.1, -0.05) is 30.0 Å². The molecule has 0 amide bonds. The van der Waals surface area contributed by atoms with E-state index < -0.39 is 42.1 Å². The van der Waals surface area contributed by atoms with Gasteiger partial charge in [0.05, 0.1) is 6.61 Å². The molecule has 5 atom stereocenters. The van der Waals surface area contributed by atoms with E-state index >= 15 is 0 Å². The van der Waals surface area contributed by atoms with Gasteiger partial charge in [0.25, 0.3) is 0 Å². The molecule has 2 aliphatic rings. The molecule has 3 rings (SSSR count). The normalized spacial score (nSPS) is 31.8. The van der Waals surface area contributed by atoms with Crippen molar-refractivity contribution in [2.75, 3.05) is 6.61 Å². The summed E-state index contributed by atoms with van der Waals surface area (Å²) in [6.07, 6.45) is -4.29. The van der Waals surface area contributed by atoms with Crippen molar-refractivity contribution >= 4 is 0 Å². The van der Waals surface area contributed by atoms with E-state index in [0.29, 0.717) is 0 Å². The van der Waals surface area contributed by atoms with E-state index in [4.69, 9.17) is 18.9 Å². The maximum atomic E-state index is 10.7. The minimum absolute atomic E-state index is 0.243. The molecule has 0 bridgehead atoms. The topological polar surface area (TPSA) is 77.4 Å². The number of aliphatic hydroxyl groups excluding tert-OH is 2. The highest BCUT2D eigenvalue weighted by Crippen LogP contribution is 2.35. The third-order valence-corrected chi connectivity index (χ3v) is 4.36. The van der Waals surface area contributed by atoms with E-state index in [1.807, 2.05) is 30.3 Å². The van der Waals surface area contributed by atoms with Crippen LogP contribution >= 0.6 is 0 Å². The zero-order valence-corrected chi connectivity index (χ0v) is 15.5. The van der Waals surface area contributed by atoms with Crippen LogP contribution in [0.4, 0.5) is 0 Å². The Hall–Kier alpha value is -1.46. The summed E-state index contributed by atoms with van der Waals surface area (Å²) in [6, 6.07) is 9.36. The van der Waals surface area contributed by atoms with Crippen molar-refractivity contribution in [1.82, 2.24) is 0 Å². The maximum absolute atomic E-state index is 10.7. The molecule has 26 heavy (non-hydrogen) atoms. The van der Waals surface area contributed by atoms with E-state index in [0.717, 1.165) is 5.56 Å². The van der Waals surface area contributed by atoms with E-state index in [2.05, 4.69) is 11.8 Å². The van der Waals surface area contributed by atoms with Crippen molar-refractivity contribution in [2.45, 2.75) is 69.8 Å². The molecule has 2 fully saturated rings. The second kappa shape index (κ2) is 7.28. The summed E-state index contributed by atoms with van der Waals surface area (Å²) in [5, 5.41) is 21.3. The van der Waals surface area contributed by atoms with E-state index in [1.54, 1.807) is 27.7 Å². The van der Waals surface area contributed by atoms with Gasteiger partial charge in [0.1, 0.15) is 30.5 Å². The van der Waals surface area contributed by atoms with Gasteiger partial charge in [-0.15, -0.1) is 0 Å². The van der Waals surface area contributed by atoms with Gasteiger partial charge in [-0.2, -0.15) is 0 Å². The van der Waals surface area contributed by atoms with Crippen molar-refractivity contribution in [3.63, 3.8) is 0 Å². The van der Waals surface area contributed by atoms with Crippen LogP contribution in [0.1, 0.15) is 33.3 Å². The monoisotopic (exact) mass is 362 g/mol. The summed E-state index contributed by atoms with van der Waals surface area (Å²) in [7, 11) is 0. The maximum Gasteiger partial charge on any atom is 0.164 e. The number of hydrogen-bond acceptors (Lipinski definition) is 6. The molecule has 0 saturated carbocycles. The highest BCUT2D eigenvalue weighted by Gasteiger charge is 2.51. The Morgan fingerprint density at radius 3 is 2.23 bits per heavy atom. The van der Waals surface area contributed by atoms with Crippen LogP contribution in [-0.2, 0) is 18.9 Å². The Bertz CT molecular complexity index is 675. The van der Waals surface area contributed by atoms with Gasteiger partial charge in [-0.25, -0.2) is 0 Å². The average Bonchev–Trinajstić information content (AvgIpc) is 3.12. The van der Waals surface area contributed by atoms with Crippen molar-refractivity contribution in [3.05, 3.63) is 35.9 Å². The van der Waals surface area contributed by atoms with E-state index in [1.165, 1.54) is 0 Å². The Morgan fingerprint density at radius 2 is 1.62 bits per heavy atom. The standard InChI is InChI=1S/C20H26O6/c1-19(2)23-12-15(24-19)16(22)18-17(25-20(3,4)26-18)14(21)11-10-13-8-6-5-7-9-13/h5-9,14-18,21-22H,12H2,1-4H3/t14-,15-,16-,17-,18+/m1/s1. The van der Waals surface area contributed by atoms with Gasteiger partial charge in [-0.05, 0) is 39.8 Å². The smallest absolute Gasteiger partial charge is 0.164 e. The molecule has 1 aromatic rings. The minimum atomic E-state index is -1.12. The first-order valence-electron chi connectivity index (χ1n) is 8.77. The molecule has 0 radical (unpaired) electrons. The van der Waals surface area contributed by atoms with E-state index in [9.17, 15) is 10.2 Å². The minimum Gasteiger partial charge on any atom is -0.387 e. The van der Waals surface area contributed by atoms with Crippen LogP contribution in [0.2, 0.25) is 0 Å². The summed E-state index contributed by atoms with van der Waals surface area (Å²) < 4.78 is 22.9. The zero-order valence-electron chi connectivity index (χ0n) is 15.5. The summed E-state index contributed by atoms with van der Waals surface area (Å²) in [4.78, 5) is 0. The second-order valence-corrected chi connectivity index (χ2v) is 7.50. The molecular formula is C20H26O6. The van der Waals surface area contributed by atoms with Gasteiger partial charge < -0.3 is 29.2 Å². The van der Waals surface area contributed by atoms with Crippen molar-refractivity contribution in [1.29, 1.82) is 0 Å². The molecule has 2 saturated heterocycles. The van der Waals surface area contributed by atoms with Crippen LogP contribution in [0, 0.1) is 11.8 Å². The first-order chi connectivity index (χ1) is 12.2. The lowest BCUT2D eigenvalue weighted by Gasteiger charge is -2.27. The fourth-order valence-corrected chi connectivity index (χ4v) is 3.18. The van der Waals surface area contributed by atoms with E-state index in [-0.39, 0.29) is 6.61 Å². The Morgan fingerprint density at radius 1 is 0.962 bits per heavy atom. The van der Waals surface area contributed by atoms with Gasteiger partial charge >= 0.3 is 0 Å². The van der Waals surface area contributed by atoms with Crippen molar-refractivity contribution in [3.8, 4) is 11.8 Å². The lowest BCUT2D eigenvalue weighted by atomic mass is 9.99. The summed E-state index contributed by atoms with van der Waals surface area (Å²) in [6.45, 7) is 7.29. The molecular weight excluding hydrogens is 336 g/mol. The van der Waals surface area contributed by atoms with Crippen molar-refractivity contribution in [2.24, 2.45) is 0 Å². The summed E-state index contributed by atoms with van der Waals surface area (Å²) in [5.41, 5.74) is 0.788. The lowest BCUT2D eigenvalue weighted by molar-refractivity contribution is -0.179. The SMILES string of the molecule is CC1(C)O[C@@H]([C@H](O)[C@H]2COC(C)(C)O2)[C@@H]([C@H](O)C#Cc2ccccc2)O1. The first kappa shape index (κ1) is 19.3. The van der Waals surface area contributed by atoms with Crippen LogP contribution in [0.15, 0.2) is 30.3 Å². The molecule has 1 aromatic carbocycles. The van der Waals surface area contributed by atoms with Gasteiger partial charge in [0, 0.05) is 5.56 Å². The van der Waals surface area contributed by atoms with Crippen LogP contribution in [0.25, 0.3) is 0 Å². The zero-order chi connectivity index (χ0) is 18.9. The molecule has 0 aliphatic carbocycles. The highest BCUT2D eigenvalue weighted by atomic mass is 16.8. The fourth-order valence-electron chi connectivity index (χ4n) is 3.18. The molecule has 6 heteroatoms. The summed E-state index contributed by atoms with van der Waals surface area (Å²) >= 11 is 0. The molecule has 142 valence electrons. The van der Waals surface area contributed by atoms with Gasteiger partial charge in [0.15, 0.2) is 11.6 Å². The van der Waals surface area contributed by atoms with Gasteiger partial charge in [-0.3, -0.25) is 0 Å². The van der Waals surface area contributed by atoms with Crippen LogP contribution in [-0.4, -0.2) is 58.9 Å². The Balaban J connectivity index is 1.75. The first-order valence-corrected chi connectivity index (χ1v) is 8.77. The second-order valence-electron chi connectivity index (χ2n) is 7.50. The number of rotatable bonds is 3. The Kier molecular flexibility index (Phi) is 5.40. The molecule has 0 spiro atoms. The number of aliphatic hydroxyl groups is 2. The fraction of sp³-hybridized carbons (Fsp3) is 0.600. The molecule has 0 unspecified atom stereocenters.